The Labute approximate surface area is 341 Å². The summed E-state index contributed by atoms with van der Waals surface area (Å²) in [4.78, 5) is 4.27. The Bertz CT molecular complexity index is 1280. The van der Waals surface area contributed by atoms with Crippen molar-refractivity contribution in [2.45, 2.75) is 172 Å². The molecular formula is C52H86N2O. The second kappa shape index (κ2) is 32.1. The molecule has 1 saturated carbocycles. The Balaban J connectivity index is 0.000000345. The number of nitrogens with zero attached hydrogens (tertiary/aromatic N) is 2. The minimum absolute atomic E-state index is 0.488. The average Bonchev–Trinajstić information content (AvgIpc) is 3.91. The third kappa shape index (κ3) is 29.8. The van der Waals surface area contributed by atoms with Gasteiger partial charge in [0.05, 0.1) is 13.2 Å². The van der Waals surface area contributed by atoms with Crippen LogP contribution in [0.1, 0.15) is 157 Å². The Kier molecular flexibility index (Phi) is 29.1. The van der Waals surface area contributed by atoms with Crippen LogP contribution in [0.5, 0.6) is 5.75 Å². The van der Waals surface area contributed by atoms with Crippen molar-refractivity contribution in [2.24, 2.45) is 40.5 Å². The highest BCUT2D eigenvalue weighted by molar-refractivity contribution is 5.74. The van der Waals surface area contributed by atoms with Crippen molar-refractivity contribution in [3.63, 3.8) is 0 Å². The third-order valence-electron chi connectivity index (χ3n) is 10.3. The van der Waals surface area contributed by atoms with Crippen LogP contribution in [0.15, 0.2) is 96.3 Å². The summed E-state index contributed by atoms with van der Waals surface area (Å²) in [5.74, 6) is 6.15. The van der Waals surface area contributed by atoms with E-state index >= 15 is 0 Å². The summed E-state index contributed by atoms with van der Waals surface area (Å²) in [7, 11) is 1.70. The van der Waals surface area contributed by atoms with E-state index < -0.39 is 0 Å². The number of ether oxygens (including phenoxy) is 1. The Morgan fingerprint density at radius 1 is 0.582 bits per heavy atom. The fourth-order valence-corrected chi connectivity index (χ4v) is 6.38. The lowest BCUT2D eigenvalue weighted by Crippen LogP contribution is -2.06. The van der Waals surface area contributed by atoms with Crippen molar-refractivity contribution in [2.75, 3.05) is 7.11 Å². The van der Waals surface area contributed by atoms with Crippen molar-refractivity contribution in [1.82, 2.24) is 4.57 Å². The summed E-state index contributed by atoms with van der Waals surface area (Å²) in [6, 6.07) is 23.6. The highest BCUT2D eigenvalue weighted by atomic mass is 16.5. The van der Waals surface area contributed by atoms with E-state index in [0.29, 0.717) is 6.04 Å². The topological polar surface area (TPSA) is 26.5 Å². The van der Waals surface area contributed by atoms with Gasteiger partial charge in [-0.2, -0.15) is 0 Å². The van der Waals surface area contributed by atoms with E-state index in [9.17, 15) is 0 Å². The fourth-order valence-electron chi connectivity index (χ4n) is 6.38. The molecule has 2 aromatic carbocycles. The molecule has 55 heavy (non-hydrogen) atoms. The highest BCUT2D eigenvalue weighted by Crippen LogP contribution is 2.28. The number of methoxy groups -OCH3 is 1. The van der Waals surface area contributed by atoms with E-state index in [4.69, 9.17) is 4.74 Å². The zero-order valence-electron chi connectivity index (χ0n) is 37.7. The van der Waals surface area contributed by atoms with Gasteiger partial charge in [0, 0.05) is 25.2 Å². The largest absolute Gasteiger partial charge is 0.497 e. The van der Waals surface area contributed by atoms with E-state index in [1.807, 2.05) is 24.4 Å². The van der Waals surface area contributed by atoms with Gasteiger partial charge in [-0.25, -0.2) is 0 Å². The van der Waals surface area contributed by atoms with Crippen molar-refractivity contribution < 1.29 is 4.74 Å². The van der Waals surface area contributed by atoms with Gasteiger partial charge >= 0.3 is 0 Å². The molecule has 310 valence electrons. The number of hydrogen-bond donors (Lipinski definition) is 0. The Morgan fingerprint density at radius 2 is 1.09 bits per heavy atom. The SMILES string of the molecule is CC(C)CCC1C=CC=N1.CC(C)CCC1CCCCC1.CC(C)CCc1ccccc1.CC(C)CCn1cccc1.COc1ccc(CCC(C)C)cc1. The van der Waals surface area contributed by atoms with E-state index in [2.05, 4.69) is 152 Å². The van der Waals surface area contributed by atoms with Gasteiger partial charge in [0.25, 0.3) is 0 Å². The van der Waals surface area contributed by atoms with Crippen LogP contribution in [0.25, 0.3) is 0 Å². The Morgan fingerprint density at radius 3 is 1.56 bits per heavy atom. The molecule has 1 aromatic heterocycles. The van der Waals surface area contributed by atoms with Crippen LogP contribution in [-0.4, -0.2) is 23.9 Å². The fraction of sp³-hybridized carbons (Fsp3) is 0.635. The molecule has 0 bridgehead atoms. The first-order valence-electron chi connectivity index (χ1n) is 22.3. The lowest BCUT2D eigenvalue weighted by Gasteiger charge is -2.21. The van der Waals surface area contributed by atoms with E-state index in [0.717, 1.165) is 47.8 Å². The molecule has 3 aromatic rings. The van der Waals surface area contributed by atoms with Crippen LogP contribution in [-0.2, 0) is 19.4 Å². The third-order valence-corrected chi connectivity index (χ3v) is 10.3. The lowest BCUT2D eigenvalue weighted by molar-refractivity contribution is 0.317. The minimum atomic E-state index is 0.488. The maximum absolute atomic E-state index is 5.09. The first-order chi connectivity index (χ1) is 26.4. The highest BCUT2D eigenvalue weighted by Gasteiger charge is 2.13. The van der Waals surface area contributed by atoms with E-state index in [-0.39, 0.29) is 0 Å². The molecule has 3 heteroatoms. The summed E-state index contributed by atoms with van der Waals surface area (Å²) < 4.78 is 7.32. The van der Waals surface area contributed by atoms with E-state index in [1.54, 1.807) is 7.11 Å². The van der Waals surface area contributed by atoms with Gasteiger partial charge in [0.15, 0.2) is 0 Å². The molecule has 1 fully saturated rings. The molecule has 1 aliphatic carbocycles. The maximum atomic E-state index is 5.09. The summed E-state index contributed by atoms with van der Waals surface area (Å²) in [6.45, 7) is 23.9. The van der Waals surface area contributed by atoms with Crippen LogP contribution < -0.4 is 4.74 Å². The number of aliphatic imine (C=N–C) groups is 1. The van der Waals surface area contributed by atoms with Crippen LogP contribution in [0.3, 0.4) is 0 Å². The molecule has 0 saturated heterocycles. The summed E-state index contributed by atoms with van der Waals surface area (Å²) >= 11 is 0. The zero-order chi connectivity index (χ0) is 40.7. The summed E-state index contributed by atoms with van der Waals surface area (Å²) in [5, 5.41) is 0. The van der Waals surface area contributed by atoms with Crippen molar-refractivity contribution in [3.05, 3.63) is 102 Å². The van der Waals surface area contributed by atoms with E-state index in [1.165, 1.54) is 101 Å². The Hall–Kier alpha value is -3.07. The first-order valence-corrected chi connectivity index (χ1v) is 22.3. The van der Waals surface area contributed by atoms with Gasteiger partial charge < -0.3 is 9.30 Å². The summed E-state index contributed by atoms with van der Waals surface area (Å²) in [5.41, 5.74) is 2.86. The second-order valence-electron chi connectivity index (χ2n) is 18.0. The van der Waals surface area contributed by atoms with Gasteiger partial charge in [-0.3, -0.25) is 4.99 Å². The lowest BCUT2D eigenvalue weighted by atomic mass is 9.85. The molecule has 5 rings (SSSR count). The molecule has 2 aliphatic rings. The molecular weight excluding hydrogens is 669 g/mol. The predicted octanol–water partition coefficient (Wildman–Crippen LogP) is 15.5. The predicted molar refractivity (Wildman–Crippen MR) is 246 cm³/mol. The van der Waals surface area contributed by atoms with Crippen LogP contribution in [0.2, 0.25) is 0 Å². The van der Waals surface area contributed by atoms with Crippen LogP contribution in [0, 0.1) is 35.5 Å². The number of allylic oxidation sites excluding steroid dienone is 1. The van der Waals surface area contributed by atoms with Crippen molar-refractivity contribution in [3.8, 4) is 5.75 Å². The normalized spacial score (nSPS) is 14.9. The number of aryl methyl sites for hydroxylation is 3. The standard InChI is InChI=1S/C12H18O.C11H22.C11H16.2C9H15N/c1-10(2)4-5-11-6-8-12(13-3)9-7-11;2*1-10(2)8-9-11-6-4-3-5-7-11;1-8(2)5-6-9-4-3-7-10-9;1-9(2)5-8-10-6-3-4-7-10/h6-10H,4-5H2,1-3H3;10-11H,3-9H2,1-2H3;3-7,10H,8-9H2,1-2H3;3-4,7-9H,5-6H2,1-2H3;3-4,6-7,9H,5,8H2,1-2H3. The van der Waals surface area contributed by atoms with Crippen LogP contribution in [0.4, 0.5) is 0 Å². The quantitative estimate of drug-likeness (QED) is 0.143. The van der Waals surface area contributed by atoms with Gasteiger partial charge in [0.2, 0.25) is 0 Å². The second-order valence-corrected chi connectivity index (χ2v) is 18.0. The maximum Gasteiger partial charge on any atom is 0.118 e. The number of hydrogen-bond acceptors (Lipinski definition) is 2. The van der Waals surface area contributed by atoms with Crippen molar-refractivity contribution >= 4 is 6.21 Å². The minimum Gasteiger partial charge on any atom is -0.497 e. The van der Waals surface area contributed by atoms with Gasteiger partial charge in [-0.15, -0.1) is 0 Å². The smallest absolute Gasteiger partial charge is 0.118 e. The first kappa shape index (κ1) is 49.9. The van der Waals surface area contributed by atoms with Gasteiger partial charge in [0.1, 0.15) is 5.75 Å². The van der Waals surface area contributed by atoms with Gasteiger partial charge in [-0.1, -0.05) is 163 Å². The number of aromatic nitrogens is 1. The molecule has 0 spiro atoms. The molecule has 0 amide bonds. The number of rotatable bonds is 16. The molecule has 2 heterocycles. The monoisotopic (exact) mass is 755 g/mol. The number of benzene rings is 2. The molecule has 0 radical (unpaired) electrons. The molecule has 0 N–H and O–H groups in total. The molecule has 3 nitrogen and oxygen atoms in total. The van der Waals surface area contributed by atoms with Crippen LogP contribution >= 0.6 is 0 Å². The van der Waals surface area contributed by atoms with Gasteiger partial charge in [-0.05, 0) is 122 Å². The molecule has 1 unspecified atom stereocenters. The van der Waals surface area contributed by atoms with Crippen molar-refractivity contribution in [1.29, 1.82) is 0 Å². The summed E-state index contributed by atoms with van der Waals surface area (Å²) in [6.07, 6.45) is 29.5. The molecule has 1 aliphatic heterocycles. The molecule has 1 atom stereocenters. The average molecular weight is 755 g/mol. The zero-order valence-corrected chi connectivity index (χ0v) is 37.7.